The van der Waals surface area contributed by atoms with Gasteiger partial charge in [-0.3, -0.25) is 4.79 Å². The van der Waals surface area contributed by atoms with Gasteiger partial charge in [-0.05, 0) is 43.3 Å². The molecule has 3 rings (SSSR count). The van der Waals surface area contributed by atoms with Crippen LogP contribution in [0.15, 0.2) is 48.8 Å². The van der Waals surface area contributed by atoms with Crippen molar-refractivity contribution in [3.63, 3.8) is 0 Å². The lowest BCUT2D eigenvalue weighted by atomic mass is 10.3. The Hall–Kier alpha value is -2.73. The number of carbonyl (C=O) groups excluding carboxylic acids is 1. The van der Waals surface area contributed by atoms with E-state index in [9.17, 15) is 4.79 Å². The first-order valence-electron chi connectivity index (χ1n) is 7.89. The van der Waals surface area contributed by atoms with E-state index in [0.717, 1.165) is 17.1 Å². The van der Waals surface area contributed by atoms with E-state index in [1.54, 1.807) is 36.5 Å². The van der Waals surface area contributed by atoms with Crippen LogP contribution in [-0.4, -0.2) is 28.5 Å². The smallest absolute Gasteiger partial charge is 0.258 e. The first-order valence-corrected chi connectivity index (χ1v) is 8.27. The van der Waals surface area contributed by atoms with Gasteiger partial charge in [-0.1, -0.05) is 11.6 Å². The molecular formula is C18H18ClN3O3. The van der Waals surface area contributed by atoms with Crippen molar-refractivity contribution in [3.8, 4) is 11.5 Å². The number of nitrogens with zero attached hydrogens (tertiary/aromatic N) is 2. The van der Waals surface area contributed by atoms with Gasteiger partial charge in [0, 0.05) is 12.4 Å². The van der Waals surface area contributed by atoms with Crippen molar-refractivity contribution in [2.45, 2.75) is 13.5 Å². The number of benzene rings is 1. The molecule has 25 heavy (non-hydrogen) atoms. The summed E-state index contributed by atoms with van der Waals surface area (Å²) in [5.41, 5.74) is 1.52. The fourth-order valence-corrected chi connectivity index (χ4v) is 2.46. The van der Waals surface area contributed by atoms with E-state index >= 15 is 0 Å². The highest BCUT2D eigenvalue weighted by molar-refractivity contribution is 6.30. The van der Waals surface area contributed by atoms with Crippen LogP contribution in [0.5, 0.6) is 11.5 Å². The van der Waals surface area contributed by atoms with Gasteiger partial charge in [-0.25, -0.2) is 4.98 Å². The molecule has 1 N–H and O–H groups in total. The normalized spacial score (nSPS) is 10.6. The number of hydrogen-bond donors (Lipinski definition) is 1. The minimum absolute atomic E-state index is 0.0623. The third-order valence-electron chi connectivity index (χ3n) is 3.44. The number of pyridine rings is 1. The van der Waals surface area contributed by atoms with Gasteiger partial charge < -0.3 is 19.2 Å². The highest BCUT2D eigenvalue weighted by atomic mass is 35.5. The van der Waals surface area contributed by atoms with Gasteiger partial charge in [0.25, 0.3) is 5.91 Å². The number of nitrogens with one attached hydrogen (secondary N) is 1. The number of amides is 1. The van der Waals surface area contributed by atoms with E-state index in [-0.39, 0.29) is 12.5 Å². The average Bonchev–Trinajstić information content (AvgIpc) is 3.01. The van der Waals surface area contributed by atoms with Gasteiger partial charge in [0.1, 0.15) is 17.1 Å². The number of halogens is 1. The Morgan fingerprint density at radius 1 is 1.12 bits per heavy atom. The van der Waals surface area contributed by atoms with Crippen molar-refractivity contribution >= 4 is 23.2 Å². The fraction of sp³-hybridized carbons (Fsp3) is 0.222. The molecule has 0 saturated carbocycles. The molecule has 0 unspecified atom stereocenters. The molecular weight excluding hydrogens is 342 g/mol. The molecule has 0 bridgehead atoms. The van der Waals surface area contributed by atoms with Gasteiger partial charge in [-0.15, -0.1) is 0 Å². The second kappa shape index (κ2) is 7.90. The largest absolute Gasteiger partial charge is 0.494 e. The monoisotopic (exact) mass is 359 g/mol. The summed E-state index contributed by atoms with van der Waals surface area (Å²) in [6.07, 6.45) is 3.60. The van der Waals surface area contributed by atoms with Crippen LogP contribution in [0.3, 0.4) is 0 Å². The van der Waals surface area contributed by atoms with Gasteiger partial charge in [0.2, 0.25) is 0 Å². The molecule has 0 aliphatic heterocycles. The molecule has 2 aromatic heterocycles. The van der Waals surface area contributed by atoms with E-state index in [1.807, 2.05) is 23.6 Å². The van der Waals surface area contributed by atoms with Gasteiger partial charge in [0.05, 0.1) is 23.9 Å². The van der Waals surface area contributed by atoms with E-state index in [0.29, 0.717) is 23.9 Å². The van der Waals surface area contributed by atoms with Crippen molar-refractivity contribution in [1.29, 1.82) is 0 Å². The zero-order valence-corrected chi connectivity index (χ0v) is 14.5. The summed E-state index contributed by atoms with van der Waals surface area (Å²) < 4.78 is 12.6. The third kappa shape index (κ3) is 4.64. The molecule has 0 fully saturated rings. The minimum Gasteiger partial charge on any atom is -0.494 e. The number of carbonyl (C=O) groups is 1. The summed E-state index contributed by atoms with van der Waals surface area (Å²) in [5.74, 6) is 1.16. The highest BCUT2D eigenvalue weighted by Crippen LogP contribution is 2.17. The summed E-state index contributed by atoms with van der Waals surface area (Å²) in [7, 11) is 0. The van der Waals surface area contributed by atoms with Crippen LogP contribution in [-0.2, 0) is 11.3 Å². The predicted molar refractivity (Wildman–Crippen MR) is 95.2 cm³/mol. The first-order chi connectivity index (χ1) is 12.1. The Morgan fingerprint density at radius 2 is 1.84 bits per heavy atom. The van der Waals surface area contributed by atoms with Crippen molar-refractivity contribution < 1.29 is 14.3 Å². The first kappa shape index (κ1) is 17.1. The maximum atomic E-state index is 11.9. The molecule has 130 valence electrons. The van der Waals surface area contributed by atoms with Crippen LogP contribution < -0.4 is 14.8 Å². The zero-order chi connectivity index (χ0) is 17.6. The molecule has 0 aliphatic carbocycles. The molecule has 7 heteroatoms. The van der Waals surface area contributed by atoms with Gasteiger partial charge >= 0.3 is 0 Å². The lowest BCUT2D eigenvalue weighted by molar-refractivity contribution is -0.123. The Bertz CT molecular complexity index is 862. The predicted octanol–water partition coefficient (Wildman–Crippen LogP) is 3.08. The molecule has 1 aromatic carbocycles. The van der Waals surface area contributed by atoms with Crippen molar-refractivity contribution in [2.24, 2.45) is 0 Å². The molecule has 2 heterocycles. The number of rotatable bonds is 7. The summed E-state index contributed by atoms with van der Waals surface area (Å²) >= 11 is 5.94. The average molecular weight is 360 g/mol. The molecule has 0 spiro atoms. The van der Waals surface area contributed by atoms with Gasteiger partial charge in [-0.2, -0.15) is 0 Å². The molecule has 0 radical (unpaired) electrons. The van der Waals surface area contributed by atoms with Crippen LogP contribution in [0.1, 0.15) is 12.6 Å². The lowest BCUT2D eigenvalue weighted by Gasteiger charge is -2.08. The Labute approximate surface area is 150 Å². The summed E-state index contributed by atoms with van der Waals surface area (Å²) in [6, 6.07) is 10.7. The Morgan fingerprint density at radius 3 is 2.56 bits per heavy atom. The van der Waals surface area contributed by atoms with Gasteiger partial charge in [0.15, 0.2) is 6.61 Å². The standard InChI is InChI=1S/C18H18ClN3O3/c1-2-24-15-4-6-16(7-5-15)25-12-18(23)20-9-14-11-22-10-13(19)3-8-17(22)21-14/h3-8,10-11H,2,9,12H2,1H3,(H,20,23). The number of imidazole rings is 1. The Kier molecular flexibility index (Phi) is 5.40. The number of ether oxygens (including phenoxy) is 2. The van der Waals surface area contributed by atoms with Crippen LogP contribution in [0.4, 0.5) is 0 Å². The van der Waals surface area contributed by atoms with Crippen molar-refractivity contribution in [3.05, 3.63) is 59.5 Å². The summed E-state index contributed by atoms with van der Waals surface area (Å²) in [6.45, 7) is 2.79. The second-order valence-corrected chi connectivity index (χ2v) is 5.75. The number of hydrogen-bond acceptors (Lipinski definition) is 4. The number of aromatic nitrogens is 2. The van der Waals surface area contributed by atoms with Crippen LogP contribution >= 0.6 is 11.6 Å². The molecule has 6 nitrogen and oxygen atoms in total. The molecule has 0 saturated heterocycles. The Balaban J connectivity index is 1.48. The topological polar surface area (TPSA) is 64.9 Å². The maximum absolute atomic E-state index is 11.9. The van der Waals surface area contributed by atoms with Crippen LogP contribution in [0.25, 0.3) is 5.65 Å². The second-order valence-electron chi connectivity index (χ2n) is 5.31. The van der Waals surface area contributed by atoms with Crippen LogP contribution in [0.2, 0.25) is 5.02 Å². The molecule has 0 atom stereocenters. The quantitative estimate of drug-likeness (QED) is 0.704. The van der Waals surface area contributed by atoms with E-state index < -0.39 is 0 Å². The fourth-order valence-electron chi connectivity index (χ4n) is 2.29. The number of fused-ring (bicyclic) bond motifs is 1. The summed E-state index contributed by atoms with van der Waals surface area (Å²) in [4.78, 5) is 16.3. The minimum atomic E-state index is -0.219. The zero-order valence-electron chi connectivity index (χ0n) is 13.7. The molecule has 1 amide bonds. The molecule has 3 aromatic rings. The highest BCUT2D eigenvalue weighted by Gasteiger charge is 2.06. The maximum Gasteiger partial charge on any atom is 0.258 e. The summed E-state index contributed by atoms with van der Waals surface area (Å²) in [5, 5.41) is 3.41. The molecule has 0 aliphatic rings. The van der Waals surface area contributed by atoms with Crippen LogP contribution in [0, 0.1) is 0 Å². The van der Waals surface area contributed by atoms with E-state index in [1.165, 1.54) is 0 Å². The lowest BCUT2D eigenvalue weighted by Crippen LogP contribution is -2.28. The van der Waals surface area contributed by atoms with Crippen molar-refractivity contribution in [2.75, 3.05) is 13.2 Å². The third-order valence-corrected chi connectivity index (χ3v) is 3.66. The van der Waals surface area contributed by atoms with E-state index in [4.69, 9.17) is 21.1 Å². The van der Waals surface area contributed by atoms with E-state index in [2.05, 4.69) is 10.3 Å². The SMILES string of the molecule is CCOc1ccc(OCC(=O)NCc2cn3cc(Cl)ccc3n2)cc1. The van der Waals surface area contributed by atoms with Crippen molar-refractivity contribution in [1.82, 2.24) is 14.7 Å².